The van der Waals surface area contributed by atoms with Crippen molar-refractivity contribution in [3.05, 3.63) is 65.0 Å². The zero-order valence-electron chi connectivity index (χ0n) is 15.4. The van der Waals surface area contributed by atoms with Crippen LogP contribution in [0.1, 0.15) is 30.1 Å². The third-order valence-corrected chi connectivity index (χ3v) is 5.54. The minimum atomic E-state index is 0.349. The minimum absolute atomic E-state index is 0.349. The highest BCUT2D eigenvalue weighted by molar-refractivity contribution is 6.30. The van der Waals surface area contributed by atoms with Gasteiger partial charge in [-0.3, -0.25) is 4.90 Å². The Bertz CT molecular complexity index is 987. The van der Waals surface area contributed by atoms with Gasteiger partial charge < -0.3 is 13.9 Å². The number of benzene rings is 2. The Morgan fingerprint density at radius 2 is 1.96 bits per heavy atom. The van der Waals surface area contributed by atoms with Crippen LogP contribution in [0.3, 0.4) is 0 Å². The molecule has 0 bridgehead atoms. The summed E-state index contributed by atoms with van der Waals surface area (Å²) in [5, 5.41) is 0.676. The van der Waals surface area contributed by atoms with Crippen LogP contribution in [-0.4, -0.2) is 29.6 Å². The molecule has 1 saturated heterocycles. The van der Waals surface area contributed by atoms with Gasteiger partial charge in [0.15, 0.2) is 11.5 Å². The Labute approximate surface area is 168 Å². The average Bonchev–Trinajstić information content (AvgIpc) is 3.38. The van der Waals surface area contributed by atoms with Crippen LogP contribution in [0.15, 0.2) is 53.1 Å². The third-order valence-electron chi connectivity index (χ3n) is 5.30. The van der Waals surface area contributed by atoms with E-state index in [1.807, 2.05) is 30.3 Å². The Kier molecular flexibility index (Phi) is 4.71. The van der Waals surface area contributed by atoms with E-state index >= 15 is 0 Å². The van der Waals surface area contributed by atoms with E-state index in [-0.39, 0.29) is 0 Å². The molecule has 2 aromatic carbocycles. The molecule has 3 aromatic rings. The fourth-order valence-corrected chi connectivity index (χ4v) is 4.19. The zero-order chi connectivity index (χ0) is 18.9. The molecule has 5 rings (SSSR count). The number of oxazole rings is 1. The number of likely N-dealkylation sites (tertiary alicyclic amines) is 1. The molecule has 1 aromatic heterocycles. The summed E-state index contributed by atoms with van der Waals surface area (Å²) in [6, 6.07) is 14.2. The lowest BCUT2D eigenvalue weighted by Gasteiger charge is -2.25. The fraction of sp³-hybridized carbons (Fsp3) is 0.318. The maximum absolute atomic E-state index is 6.08. The second-order valence-corrected chi connectivity index (χ2v) is 7.62. The van der Waals surface area contributed by atoms with Crippen molar-refractivity contribution in [3.8, 4) is 23.0 Å². The Balaban J connectivity index is 1.34. The molecule has 2 aliphatic rings. The Morgan fingerprint density at radius 3 is 2.86 bits per heavy atom. The largest absolute Gasteiger partial charge is 0.486 e. The highest BCUT2D eigenvalue weighted by Crippen LogP contribution is 2.38. The molecule has 28 heavy (non-hydrogen) atoms. The molecule has 5 nitrogen and oxygen atoms in total. The molecule has 0 amide bonds. The fourth-order valence-electron chi connectivity index (χ4n) is 4.00. The lowest BCUT2D eigenvalue weighted by atomic mass is 10.0. The van der Waals surface area contributed by atoms with Gasteiger partial charge in [0.05, 0.1) is 5.69 Å². The van der Waals surface area contributed by atoms with Crippen LogP contribution < -0.4 is 9.47 Å². The van der Waals surface area contributed by atoms with Gasteiger partial charge in [-0.25, -0.2) is 4.98 Å². The topological polar surface area (TPSA) is 47.7 Å². The van der Waals surface area contributed by atoms with Gasteiger partial charge in [0.2, 0.25) is 5.89 Å². The molecule has 0 saturated carbocycles. The molecule has 144 valence electrons. The number of hydrogen-bond acceptors (Lipinski definition) is 5. The van der Waals surface area contributed by atoms with E-state index in [0.29, 0.717) is 30.2 Å². The normalized spacial score (nSPS) is 19.1. The highest BCUT2D eigenvalue weighted by Gasteiger charge is 2.28. The van der Waals surface area contributed by atoms with Gasteiger partial charge in [-0.05, 0) is 55.3 Å². The number of nitrogens with zero attached hydrogens (tertiary/aromatic N) is 2. The van der Waals surface area contributed by atoms with Gasteiger partial charge in [0.25, 0.3) is 0 Å². The van der Waals surface area contributed by atoms with E-state index in [2.05, 4.69) is 22.0 Å². The van der Waals surface area contributed by atoms with Crippen molar-refractivity contribution in [1.82, 2.24) is 9.88 Å². The molecule has 1 unspecified atom stereocenters. The van der Waals surface area contributed by atoms with E-state index in [4.69, 9.17) is 25.5 Å². The summed E-state index contributed by atoms with van der Waals surface area (Å²) in [6.07, 6.45) is 4.03. The standard InChI is InChI=1S/C22H21ClN2O3/c23-17-4-1-3-16(11-17)22-24-18(14-28-22)13-25-8-2-5-19(25)15-6-7-20-21(12-15)27-10-9-26-20/h1,3-4,6-7,11-12,14,19H,2,5,8-10,13H2. The maximum atomic E-state index is 6.08. The first kappa shape index (κ1) is 17.6. The van der Waals surface area contributed by atoms with Crippen molar-refractivity contribution >= 4 is 11.6 Å². The van der Waals surface area contributed by atoms with Crippen molar-refractivity contribution in [1.29, 1.82) is 0 Å². The second kappa shape index (κ2) is 7.49. The first-order valence-electron chi connectivity index (χ1n) is 9.60. The number of rotatable bonds is 4. The second-order valence-electron chi connectivity index (χ2n) is 7.19. The predicted octanol–water partition coefficient (Wildman–Crippen LogP) is 5.10. The number of fused-ring (bicyclic) bond motifs is 1. The van der Waals surface area contributed by atoms with Gasteiger partial charge in [-0.2, -0.15) is 0 Å². The van der Waals surface area contributed by atoms with Gasteiger partial charge in [-0.15, -0.1) is 0 Å². The summed E-state index contributed by atoms with van der Waals surface area (Å²) < 4.78 is 17.1. The molecule has 0 spiro atoms. The van der Waals surface area contributed by atoms with Crippen molar-refractivity contribution < 1.29 is 13.9 Å². The number of hydrogen-bond donors (Lipinski definition) is 0. The summed E-state index contributed by atoms with van der Waals surface area (Å²) in [7, 11) is 0. The van der Waals surface area contributed by atoms with E-state index < -0.39 is 0 Å². The quantitative estimate of drug-likeness (QED) is 0.613. The molecule has 1 atom stereocenters. The maximum Gasteiger partial charge on any atom is 0.226 e. The van der Waals surface area contributed by atoms with Crippen molar-refractivity contribution in [3.63, 3.8) is 0 Å². The number of aromatic nitrogens is 1. The molecule has 2 aliphatic heterocycles. The lowest BCUT2D eigenvalue weighted by Crippen LogP contribution is -2.23. The summed E-state index contributed by atoms with van der Waals surface area (Å²) >= 11 is 6.08. The first-order chi connectivity index (χ1) is 13.8. The molecular formula is C22H21ClN2O3. The summed E-state index contributed by atoms with van der Waals surface area (Å²) in [5.74, 6) is 2.29. The van der Waals surface area contributed by atoms with E-state index in [1.54, 1.807) is 6.26 Å². The van der Waals surface area contributed by atoms with Gasteiger partial charge in [-0.1, -0.05) is 23.7 Å². The average molecular weight is 397 g/mol. The highest BCUT2D eigenvalue weighted by atomic mass is 35.5. The van der Waals surface area contributed by atoms with Crippen LogP contribution in [0.4, 0.5) is 0 Å². The molecule has 1 fully saturated rings. The molecule has 0 radical (unpaired) electrons. The van der Waals surface area contributed by atoms with Gasteiger partial charge >= 0.3 is 0 Å². The summed E-state index contributed by atoms with van der Waals surface area (Å²) in [5.41, 5.74) is 3.09. The summed E-state index contributed by atoms with van der Waals surface area (Å²) in [4.78, 5) is 7.12. The first-order valence-corrected chi connectivity index (χ1v) is 9.98. The molecule has 3 heterocycles. The van der Waals surface area contributed by atoms with Crippen LogP contribution in [0.5, 0.6) is 11.5 Å². The molecular weight excluding hydrogens is 376 g/mol. The van der Waals surface area contributed by atoms with Crippen LogP contribution in [0.25, 0.3) is 11.5 Å². The lowest BCUT2D eigenvalue weighted by molar-refractivity contribution is 0.170. The molecule has 0 N–H and O–H groups in total. The summed E-state index contributed by atoms with van der Waals surface area (Å²) in [6.45, 7) is 3.01. The predicted molar refractivity (Wildman–Crippen MR) is 107 cm³/mol. The van der Waals surface area contributed by atoms with Crippen LogP contribution >= 0.6 is 11.6 Å². The number of ether oxygens (including phenoxy) is 2. The van der Waals surface area contributed by atoms with Gasteiger partial charge in [0.1, 0.15) is 19.5 Å². The smallest absolute Gasteiger partial charge is 0.226 e. The van der Waals surface area contributed by atoms with Gasteiger partial charge in [0, 0.05) is 23.2 Å². The van der Waals surface area contributed by atoms with Crippen molar-refractivity contribution in [2.75, 3.05) is 19.8 Å². The third kappa shape index (κ3) is 3.48. The van der Waals surface area contributed by atoms with E-state index in [1.165, 1.54) is 5.56 Å². The van der Waals surface area contributed by atoms with E-state index in [0.717, 1.165) is 48.7 Å². The Morgan fingerprint density at radius 1 is 1.07 bits per heavy atom. The van der Waals surface area contributed by atoms with Crippen LogP contribution in [0, 0.1) is 0 Å². The molecule has 0 aliphatic carbocycles. The van der Waals surface area contributed by atoms with Crippen molar-refractivity contribution in [2.24, 2.45) is 0 Å². The zero-order valence-corrected chi connectivity index (χ0v) is 16.2. The molecule has 6 heteroatoms. The van der Waals surface area contributed by atoms with Crippen molar-refractivity contribution in [2.45, 2.75) is 25.4 Å². The SMILES string of the molecule is Clc1cccc(-c2nc(CN3CCCC3c3ccc4c(c3)OCCO4)co2)c1. The number of halogens is 1. The Hall–Kier alpha value is -2.50. The minimum Gasteiger partial charge on any atom is -0.486 e. The monoisotopic (exact) mass is 396 g/mol. The van der Waals surface area contributed by atoms with Crippen LogP contribution in [0.2, 0.25) is 5.02 Å². The van der Waals surface area contributed by atoms with E-state index in [9.17, 15) is 0 Å². The van der Waals surface area contributed by atoms with Crippen LogP contribution in [-0.2, 0) is 6.54 Å².